The Hall–Kier alpha value is -1.54. The fraction of sp³-hybridized carbons (Fsp3) is 0.125. The molecule has 2 N–H and O–H groups in total. The second-order valence-electron chi connectivity index (χ2n) is 5.02. The zero-order chi connectivity index (χ0) is 21.2. The molecule has 0 radical (unpaired) electrons. The fourth-order valence-electron chi connectivity index (χ4n) is 1.67. The molecule has 0 aliphatic heterocycles. The third kappa shape index (κ3) is 10.7. The molecule has 0 bridgehead atoms. The number of hydrogen-bond donors (Lipinski definition) is 2. The Balaban J connectivity index is 0.000000523. The summed E-state index contributed by atoms with van der Waals surface area (Å²) in [5.41, 5.74) is 0. The van der Waals surface area contributed by atoms with Crippen molar-refractivity contribution in [2.24, 2.45) is 0 Å². The zero-order valence-electron chi connectivity index (χ0n) is 15.0. The molecule has 0 saturated heterocycles. The average Bonchev–Trinajstić information content (AvgIpc) is 2.67. The van der Waals surface area contributed by atoms with Gasteiger partial charge in [-0.3, -0.25) is 0 Å². The number of carboxylic acid groups (broad SMARTS) is 2. The number of carboxylic acids is 2. The van der Waals surface area contributed by atoms with Crippen LogP contribution in [0.1, 0.15) is 0 Å². The van der Waals surface area contributed by atoms with E-state index in [2.05, 4.69) is 0 Å². The van der Waals surface area contributed by atoms with E-state index >= 15 is 0 Å². The van der Waals surface area contributed by atoms with E-state index in [1.165, 1.54) is 24.3 Å². The first-order valence-corrected chi connectivity index (χ1v) is 10.5. The monoisotopic (exact) mass is 468 g/mol. The van der Waals surface area contributed by atoms with Crippen molar-refractivity contribution in [1.29, 1.82) is 0 Å². The van der Waals surface area contributed by atoms with Crippen LogP contribution in [0.3, 0.4) is 0 Å². The van der Waals surface area contributed by atoms with Crippen LogP contribution in [0.25, 0.3) is 0 Å². The Morgan fingerprint density at radius 3 is 1.17 bits per heavy atom. The third-order valence-corrected chi connectivity index (χ3v) is 5.75. The predicted molar refractivity (Wildman–Crippen MR) is 99.0 cm³/mol. The molecule has 2 rings (SSSR count). The summed E-state index contributed by atoms with van der Waals surface area (Å²) in [4.78, 5) is 20.1. The van der Waals surface area contributed by atoms with Gasteiger partial charge in [-0.2, -0.15) is 0 Å². The van der Waals surface area contributed by atoms with Crippen molar-refractivity contribution >= 4 is 69.7 Å². The number of rotatable bonds is 8. The zero-order valence-corrected chi connectivity index (χ0v) is 18.8. The van der Waals surface area contributed by atoms with Crippen molar-refractivity contribution in [3.8, 4) is 0 Å². The molecule has 0 amide bonds. The summed E-state index contributed by atoms with van der Waals surface area (Å²) in [6.07, 6.45) is 0. The number of carbonyl (C=O) groups excluding carboxylic acids is 2. The Morgan fingerprint density at radius 1 is 0.655 bits per heavy atom. The van der Waals surface area contributed by atoms with Crippen LogP contribution in [0.5, 0.6) is 0 Å². The van der Waals surface area contributed by atoms with Crippen molar-refractivity contribution < 1.29 is 36.6 Å². The number of benzene rings is 2. The smallest absolute Gasteiger partial charge is 0.549 e. The summed E-state index contributed by atoms with van der Waals surface area (Å²) < 4.78 is 49.1. The van der Waals surface area contributed by atoms with Gasteiger partial charge in [-0.1, -0.05) is 36.4 Å². The van der Waals surface area contributed by atoms with Gasteiger partial charge in [0.2, 0.25) is 20.0 Å². The van der Waals surface area contributed by atoms with Gasteiger partial charge in [-0.15, -0.1) is 0 Å². The topological polar surface area (TPSA) is 173 Å². The second kappa shape index (κ2) is 12.9. The van der Waals surface area contributed by atoms with Crippen molar-refractivity contribution in [1.82, 2.24) is 9.44 Å². The summed E-state index contributed by atoms with van der Waals surface area (Å²) in [5.74, 6) is -2.94. The Bertz CT molecular complexity index is 914. The van der Waals surface area contributed by atoms with Crippen LogP contribution in [0.15, 0.2) is 70.5 Å². The van der Waals surface area contributed by atoms with E-state index in [-0.39, 0.29) is 47.5 Å². The maximum absolute atomic E-state index is 11.3. The maximum Gasteiger partial charge on any atom is 2.00 e. The van der Waals surface area contributed by atoms with Crippen LogP contribution >= 0.6 is 0 Å². The second-order valence-corrected chi connectivity index (χ2v) is 8.55. The molecule has 2 aromatic rings. The van der Waals surface area contributed by atoms with E-state index in [9.17, 15) is 36.6 Å². The normalized spacial score (nSPS) is 10.8. The molecule has 2 aromatic carbocycles. The van der Waals surface area contributed by atoms with E-state index in [1.54, 1.807) is 36.4 Å². The summed E-state index contributed by atoms with van der Waals surface area (Å²) >= 11 is 0. The van der Waals surface area contributed by atoms with Crippen LogP contribution in [0, 0.1) is 0 Å². The molecule has 29 heavy (non-hydrogen) atoms. The van der Waals surface area contributed by atoms with Crippen LogP contribution in [0.4, 0.5) is 0 Å². The van der Waals surface area contributed by atoms with Gasteiger partial charge < -0.3 is 19.8 Å². The third-order valence-electron chi connectivity index (χ3n) is 2.92. The van der Waals surface area contributed by atoms with E-state index in [0.717, 1.165) is 0 Å². The van der Waals surface area contributed by atoms with E-state index in [1.807, 2.05) is 9.44 Å². The Labute approximate surface area is 198 Å². The minimum absolute atomic E-state index is 0. The summed E-state index contributed by atoms with van der Waals surface area (Å²) in [6.45, 7) is -1.45. The van der Waals surface area contributed by atoms with Gasteiger partial charge in [0.25, 0.3) is 0 Å². The molecule has 0 saturated carbocycles. The Morgan fingerprint density at radius 2 is 0.931 bits per heavy atom. The molecular formula is C16H16CaN2O8S2. The van der Waals surface area contributed by atoms with Crippen LogP contribution < -0.4 is 19.7 Å². The van der Waals surface area contributed by atoms with Gasteiger partial charge in [0.15, 0.2) is 0 Å². The quantitative estimate of drug-likeness (QED) is 0.387. The minimum Gasteiger partial charge on any atom is -0.549 e. The van der Waals surface area contributed by atoms with Gasteiger partial charge >= 0.3 is 37.7 Å². The van der Waals surface area contributed by atoms with Gasteiger partial charge in [0, 0.05) is 0 Å². The fourth-order valence-corrected chi connectivity index (χ4v) is 3.65. The number of nitrogens with one attached hydrogen (secondary N) is 2. The van der Waals surface area contributed by atoms with Crippen molar-refractivity contribution in [3.63, 3.8) is 0 Å². The standard InChI is InChI=1S/2C8H9NO4S.Ca/c2*10-8(11)6-9-14(12,13)7-4-2-1-3-5-7;/h2*1-5,9H,6H2,(H,10,11);/q;;+2/p-2. The molecule has 0 aromatic heterocycles. The first-order valence-electron chi connectivity index (χ1n) is 7.54. The van der Waals surface area contributed by atoms with Crippen molar-refractivity contribution in [3.05, 3.63) is 60.7 Å². The predicted octanol–water partition coefficient (Wildman–Crippen LogP) is -2.95. The van der Waals surface area contributed by atoms with Gasteiger partial charge in [0.1, 0.15) is 0 Å². The molecule has 10 nitrogen and oxygen atoms in total. The van der Waals surface area contributed by atoms with Gasteiger partial charge in [0.05, 0.1) is 34.8 Å². The molecule has 0 heterocycles. The molecule has 0 atom stereocenters. The first-order chi connectivity index (χ1) is 13.0. The molecular weight excluding hydrogens is 452 g/mol. The van der Waals surface area contributed by atoms with Crippen LogP contribution in [-0.2, 0) is 29.6 Å². The van der Waals surface area contributed by atoms with E-state index in [4.69, 9.17) is 0 Å². The molecule has 0 aliphatic carbocycles. The average molecular weight is 469 g/mol. The molecule has 13 heteroatoms. The van der Waals surface area contributed by atoms with E-state index in [0.29, 0.717) is 0 Å². The van der Waals surface area contributed by atoms with Crippen molar-refractivity contribution in [2.75, 3.05) is 13.1 Å². The first kappa shape index (κ1) is 27.5. The molecule has 0 unspecified atom stereocenters. The van der Waals surface area contributed by atoms with E-state index < -0.39 is 45.1 Å². The summed E-state index contributed by atoms with van der Waals surface area (Å²) in [5, 5.41) is 20.1. The van der Waals surface area contributed by atoms with Crippen molar-refractivity contribution in [2.45, 2.75) is 9.79 Å². The van der Waals surface area contributed by atoms with Crippen LogP contribution in [0.2, 0.25) is 0 Å². The minimum atomic E-state index is -3.73. The van der Waals surface area contributed by atoms with Gasteiger partial charge in [-0.25, -0.2) is 26.3 Å². The maximum atomic E-state index is 11.3. The summed E-state index contributed by atoms with van der Waals surface area (Å²) in [6, 6.07) is 15.0. The number of carbonyl (C=O) groups is 2. The Kier molecular flexibility index (Phi) is 12.2. The SMILES string of the molecule is O=C([O-])CNS(=O)(=O)c1ccccc1.O=C([O-])CNS(=O)(=O)c1ccccc1.[Ca+2]. The summed E-state index contributed by atoms with van der Waals surface area (Å²) in [7, 11) is -7.45. The number of hydrogen-bond acceptors (Lipinski definition) is 8. The molecule has 0 aliphatic rings. The van der Waals surface area contributed by atoms with Crippen LogP contribution in [-0.4, -0.2) is 79.6 Å². The largest absolute Gasteiger partial charge is 2.00 e. The molecule has 152 valence electrons. The molecule has 0 fully saturated rings. The molecule has 0 spiro atoms. The number of aliphatic carboxylic acids is 2. The number of sulfonamides is 2. The van der Waals surface area contributed by atoms with Gasteiger partial charge in [-0.05, 0) is 24.3 Å².